The van der Waals surface area contributed by atoms with E-state index in [9.17, 15) is 18.0 Å². The molecule has 1 N–H and O–H groups in total. The first kappa shape index (κ1) is 26.0. The normalized spacial score (nSPS) is 16.4. The molecule has 1 aromatic carbocycles. The fourth-order valence-electron chi connectivity index (χ4n) is 4.12. The van der Waals surface area contributed by atoms with Crippen LogP contribution in [0.25, 0.3) is 0 Å². The molecule has 3 rings (SSSR count). The molecule has 1 atom stereocenters. The molecule has 1 amide bonds. The van der Waals surface area contributed by atoms with Gasteiger partial charge in [0.15, 0.2) is 0 Å². The molecule has 1 aromatic heterocycles. The van der Waals surface area contributed by atoms with Crippen molar-refractivity contribution in [2.45, 2.75) is 58.1 Å². The van der Waals surface area contributed by atoms with Gasteiger partial charge in [-0.15, -0.1) is 0 Å². The molecule has 1 aliphatic rings. The Morgan fingerprint density at radius 2 is 1.74 bits per heavy atom. The van der Waals surface area contributed by atoms with E-state index in [0.717, 1.165) is 12.0 Å². The lowest BCUT2D eigenvalue weighted by molar-refractivity contribution is -0.127. The number of hydrogen-bond acceptors (Lipinski definition) is 6. The average molecular weight is 491 g/mol. The monoisotopic (exact) mass is 490 g/mol. The SMILES string of the molecule is CCOC(=O)c1ccc(S(=O)(=O)N2CCC(C(=O)NC(c3ccc(CC)cc3)C(C)C)CC2)o1. The molecule has 8 nitrogen and oxygen atoms in total. The van der Waals surface area contributed by atoms with Crippen LogP contribution in [0.1, 0.15) is 68.3 Å². The average Bonchev–Trinajstić information content (AvgIpc) is 3.34. The van der Waals surface area contributed by atoms with Crippen molar-refractivity contribution in [3.63, 3.8) is 0 Å². The molecule has 0 bridgehead atoms. The number of ether oxygens (including phenoxy) is 1. The highest BCUT2D eigenvalue weighted by Gasteiger charge is 2.35. The Kier molecular flexibility index (Phi) is 8.54. The maximum absolute atomic E-state index is 13.0. The molecule has 2 heterocycles. The zero-order chi connectivity index (χ0) is 24.9. The van der Waals surface area contributed by atoms with E-state index in [1.807, 2.05) is 0 Å². The van der Waals surface area contributed by atoms with E-state index < -0.39 is 16.0 Å². The maximum Gasteiger partial charge on any atom is 0.374 e. The summed E-state index contributed by atoms with van der Waals surface area (Å²) >= 11 is 0. The van der Waals surface area contributed by atoms with Crippen molar-refractivity contribution in [1.82, 2.24) is 9.62 Å². The van der Waals surface area contributed by atoms with Crippen LogP contribution in [-0.2, 0) is 26.0 Å². The summed E-state index contributed by atoms with van der Waals surface area (Å²) in [5.74, 6) is -0.971. The molecule has 0 aliphatic carbocycles. The number of aryl methyl sites for hydroxylation is 1. The number of nitrogens with zero attached hydrogens (tertiary/aromatic N) is 1. The van der Waals surface area contributed by atoms with Crippen LogP contribution < -0.4 is 5.32 Å². The van der Waals surface area contributed by atoms with Gasteiger partial charge in [0.1, 0.15) is 0 Å². The van der Waals surface area contributed by atoms with Crippen molar-refractivity contribution in [1.29, 1.82) is 0 Å². The van der Waals surface area contributed by atoms with Crippen molar-refractivity contribution in [3.05, 3.63) is 53.3 Å². The molecule has 186 valence electrons. The van der Waals surface area contributed by atoms with Crippen molar-refractivity contribution < 1.29 is 27.2 Å². The third-order valence-corrected chi connectivity index (χ3v) is 7.96. The third-order valence-electron chi connectivity index (χ3n) is 6.19. The first-order valence-corrected chi connectivity index (χ1v) is 13.3. The highest BCUT2D eigenvalue weighted by molar-refractivity contribution is 7.89. The minimum Gasteiger partial charge on any atom is -0.460 e. The van der Waals surface area contributed by atoms with Gasteiger partial charge in [0, 0.05) is 19.0 Å². The minimum atomic E-state index is -3.90. The van der Waals surface area contributed by atoms with Gasteiger partial charge in [0.25, 0.3) is 10.0 Å². The number of esters is 1. The smallest absolute Gasteiger partial charge is 0.374 e. The van der Waals surface area contributed by atoms with E-state index in [4.69, 9.17) is 9.15 Å². The molecule has 1 fully saturated rings. The van der Waals surface area contributed by atoms with Crippen LogP contribution in [0.15, 0.2) is 45.9 Å². The van der Waals surface area contributed by atoms with E-state index in [2.05, 4.69) is 50.4 Å². The Balaban J connectivity index is 1.61. The summed E-state index contributed by atoms with van der Waals surface area (Å²) in [6, 6.07) is 10.7. The van der Waals surface area contributed by atoms with E-state index in [0.29, 0.717) is 12.8 Å². The number of carbonyl (C=O) groups excluding carboxylic acids is 2. The first-order chi connectivity index (χ1) is 16.2. The molecular formula is C25H34N2O6S. The molecule has 0 spiro atoms. The van der Waals surface area contributed by atoms with Crippen LogP contribution in [0.3, 0.4) is 0 Å². The summed E-state index contributed by atoms with van der Waals surface area (Å²) in [4.78, 5) is 24.8. The summed E-state index contributed by atoms with van der Waals surface area (Å²) in [7, 11) is -3.90. The molecule has 0 saturated carbocycles. The number of sulfonamides is 1. The largest absolute Gasteiger partial charge is 0.460 e. The highest BCUT2D eigenvalue weighted by Crippen LogP contribution is 2.28. The van der Waals surface area contributed by atoms with Gasteiger partial charge in [0.05, 0.1) is 12.6 Å². The van der Waals surface area contributed by atoms with Gasteiger partial charge in [-0.25, -0.2) is 13.2 Å². The number of benzene rings is 1. The van der Waals surface area contributed by atoms with Gasteiger partial charge in [-0.3, -0.25) is 4.79 Å². The molecule has 34 heavy (non-hydrogen) atoms. The number of furan rings is 1. The third kappa shape index (κ3) is 5.88. The Bertz CT molecular complexity index is 1080. The second-order valence-corrected chi connectivity index (χ2v) is 10.7. The van der Waals surface area contributed by atoms with E-state index in [1.54, 1.807) is 6.92 Å². The number of nitrogens with one attached hydrogen (secondary N) is 1. The predicted octanol–water partition coefficient (Wildman–Crippen LogP) is 3.93. The Morgan fingerprint density at radius 3 is 2.29 bits per heavy atom. The lowest BCUT2D eigenvalue weighted by Gasteiger charge is -2.31. The van der Waals surface area contributed by atoms with Gasteiger partial charge in [0.2, 0.25) is 16.8 Å². The number of piperidine rings is 1. The Morgan fingerprint density at radius 1 is 1.09 bits per heavy atom. The standard InChI is InChI=1S/C25H34N2O6S/c1-5-18-7-9-19(10-8-18)23(17(3)4)26-24(28)20-13-15-27(16-14-20)34(30,31)22-12-11-21(33-22)25(29)32-6-2/h7-12,17,20,23H,5-6,13-16H2,1-4H3,(H,26,28). The quantitative estimate of drug-likeness (QED) is 0.534. The zero-order valence-electron chi connectivity index (χ0n) is 20.2. The molecule has 0 radical (unpaired) electrons. The number of amides is 1. The molecule has 1 saturated heterocycles. The van der Waals surface area contributed by atoms with E-state index >= 15 is 0 Å². The molecular weight excluding hydrogens is 456 g/mol. The van der Waals surface area contributed by atoms with Crippen molar-refractivity contribution in [2.24, 2.45) is 11.8 Å². The zero-order valence-corrected chi connectivity index (χ0v) is 21.1. The van der Waals surface area contributed by atoms with Crippen molar-refractivity contribution >= 4 is 21.9 Å². The molecule has 9 heteroatoms. The summed E-state index contributed by atoms with van der Waals surface area (Å²) in [6.45, 7) is 8.47. The fourth-order valence-corrected chi connectivity index (χ4v) is 5.50. The van der Waals surface area contributed by atoms with Gasteiger partial charge < -0.3 is 14.5 Å². The Hall–Kier alpha value is -2.65. The highest BCUT2D eigenvalue weighted by atomic mass is 32.2. The number of rotatable bonds is 9. The van der Waals surface area contributed by atoms with Crippen molar-refractivity contribution in [2.75, 3.05) is 19.7 Å². The lowest BCUT2D eigenvalue weighted by atomic mass is 9.92. The van der Waals surface area contributed by atoms with Gasteiger partial charge >= 0.3 is 5.97 Å². The first-order valence-electron chi connectivity index (χ1n) is 11.8. The minimum absolute atomic E-state index is 0.0575. The topological polar surface area (TPSA) is 106 Å². The predicted molar refractivity (Wildman–Crippen MR) is 128 cm³/mol. The van der Waals surface area contributed by atoms with Crippen LogP contribution in [0.2, 0.25) is 0 Å². The van der Waals surface area contributed by atoms with E-state index in [1.165, 1.54) is 22.0 Å². The van der Waals surface area contributed by atoms with Crippen LogP contribution in [0, 0.1) is 11.8 Å². The summed E-state index contributed by atoms with van der Waals surface area (Å²) in [5.41, 5.74) is 2.31. The summed E-state index contributed by atoms with van der Waals surface area (Å²) in [5, 5.41) is 2.88. The maximum atomic E-state index is 13.0. The van der Waals surface area contributed by atoms with E-state index in [-0.39, 0.29) is 54.3 Å². The van der Waals surface area contributed by atoms with Crippen LogP contribution in [0.5, 0.6) is 0 Å². The number of hydrogen-bond donors (Lipinski definition) is 1. The second-order valence-electron chi connectivity index (χ2n) is 8.84. The molecule has 2 aromatic rings. The van der Waals surface area contributed by atoms with Crippen molar-refractivity contribution in [3.8, 4) is 0 Å². The fraction of sp³-hybridized carbons (Fsp3) is 0.520. The van der Waals surface area contributed by atoms with Gasteiger partial charge in [-0.1, -0.05) is 45.0 Å². The van der Waals surface area contributed by atoms with Gasteiger partial charge in [-0.2, -0.15) is 4.31 Å². The summed E-state index contributed by atoms with van der Waals surface area (Å²) in [6.07, 6.45) is 1.79. The second kappa shape index (κ2) is 11.2. The Labute approximate surface area is 201 Å². The number of carbonyl (C=O) groups is 2. The van der Waals surface area contributed by atoms with Crippen LogP contribution >= 0.6 is 0 Å². The molecule has 1 aliphatic heterocycles. The summed E-state index contributed by atoms with van der Waals surface area (Å²) < 4.78 is 37.3. The van der Waals surface area contributed by atoms with Crippen LogP contribution in [0.4, 0.5) is 0 Å². The van der Waals surface area contributed by atoms with Crippen LogP contribution in [-0.4, -0.2) is 44.3 Å². The lowest BCUT2D eigenvalue weighted by Crippen LogP contribution is -2.44. The molecule has 1 unspecified atom stereocenters. The van der Waals surface area contributed by atoms with Gasteiger partial charge in [-0.05, 0) is 55.4 Å².